The Bertz CT molecular complexity index is 700. The maximum Gasteiger partial charge on any atom is 0.257 e. The van der Waals surface area contributed by atoms with E-state index in [1.54, 1.807) is 24.3 Å². The molecule has 2 rings (SSSR count). The van der Waals surface area contributed by atoms with Crippen molar-refractivity contribution in [3.05, 3.63) is 59.9 Å². The van der Waals surface area contributed by atoms with Gasteiger partial charge >= 0.3 is 0 Å². The number of carbonyl (C=O) groups excluding carboxylic acids is 1. The fourth-order valence-corrected chi connectivity index (χ4v) is 2.05. The minimum atomic E-state index is -0.338. The number of carbonyl (C=O) groups is 1. The lowest BCUT2D eigenvalue weighted by atomic mass is 10.2. The van der Waals surface area contributed by atoms with Crippen molar-refractivity contribution >= 4 is 28.9 Å². The van der Waals surface area contributed by atoms with Gasteiger partial charge in [-0.25, -0.2) is 4.39 Å². The van der Waals surface area contributed by atoms with Gasteiger partial charge in [-0.1, -0.05) is 13.8 Å². The summed E-state index contributed by atoms with van der Waals surface area (Å²) < 4.78 is 18.4. The summed E-state index contributed by atoms with van der Waals surface area (Å²) in [6.07, 6.45) is 0. The van der Waals surface area contributed by atoms with Gasteiger partial charge in [-0.3, -0.25) is 10.1 Å². The fraction of sp³-hybridized carbons (Fsp3) is 0.222. The van der Waals surface area contributed by atoms with Crippen molar-refractivity contribution in [2.75, 3.05) is 11.9 Å². The molecule has 0 spiro atoms. The summed E-state index contributed by atoms with van der Waals surface area (Å²) in [6.45, 7) is 4.75. The number of hydrogen-bond donors (Lipinski definition) is 2. The number of amides is 1. The van der Waals surface area contributed by atoms with Crippen molar-refractivity contribution in [2.24, 2.45) is 5.92 Å². The smallest absolute Gasteiger partial charge is 0.257 e. The van der Waals surface area contributed by atoms with E-state index in [9.17, 15) is 9.18 Å². The minimum absolute atomic E-state index is 0.145. The van der Waals surface area contributed by atoms with Crippen molar-refractivity contribution in [2.45, 2.75) is 13.8 Å². The highest BCUT2D eigenvalue weighted by atomic mass is 32.1. The normalized spacial score (nSPS) is 10.3. The summed E-state index contributed by atoms with van der Waals surface area (Å²) in [5, 5.41) is 5.54. The van der Waals surface area contributed by atoms with Crippen LogP contribution in [0.25, 0.3) is 0 Å². The zero-order chi connectivity index (χ0) is 17.5. The van der Waals surface area contributed by atoms with Gasteiger partial charge in [0.25, 0.3) is 5.91 Å². The zero-order valence-electron chi connectivity index (χ0n) is 13.5. The molecule has 0 aliphatic rings. The molecule has 4 nitrogen and oxygen atoms in total. The van der Waals surface area contributed by atoms with Crippen LogP contribution in [0.2, 0.25) is 0 Å². The van der Waals surface area contributed by atoms with Crippen LogP contribution in [0.15, 0.2) is 48.5 Å². The summed E-state index contributed by atoms with van der Waals surface area (Å²) in [4.78, 5) is 12.1. The predicted octanol–water partition coefficient (Wildman–Crippen LogP) is 3.99. The summed E-state index contributed by atoms with van der Waals surface area (Å²) in [5.41, 5.74) is 1.06. The summed E-state index contributed by atoms with van der Waals surface area (Å²) in [7, 11) is 0. The average molecular weight is 346 g/mol. The van der Waals surface area contributed by atoms with Gasteiger partial charge < -0.3 is 10.1 Å². The van der Waals surface area contributed by atoms with E-state index < -0.39 is 0 Å². The Morgan fingerprint density at radius 1 is 1.12 bits per heavy atom. The van der Waals surface area contributed by atoms with Crippen LogP contribution in [0.1, 0.15) is 24.2 Å². The van der Waals surface area contributed by atoms with Gasteiger partial charge in [-0.05, 0) is 66.7 Å². The van der Waals surface area contributed by atoms with Gasteiger partial charge in [0.1, 0.15) is 11.6 Å². The zero-order valence-corrected chi connectivity index (χ0v) is 14.3. The quantitative estimate of drug-likeness (QED) is 0.804. The molecular formula is C18H19FN2O2S. The molecule has 0 aromatic heterocycles. The first-order valence-corrected chi connectivity index (χ1v) is 7.95. The van der Waals surface area contributed by atoms with Crippen LogP contribution in [0.3, 0.4) is 0 Å². The lowest BCUT2D eigenvalue weighted by molar-refractivity contribution is 0.0977. The molecule has 0 radical (unpaired) electrons. The number of nitrogens with one attached hydrogen (secondary N) is 2. The van der Waals surface area contributed by atoms with Gasteiger partial charge in [0.2, 0.25) is 0 Å². The van der Waals surface area contributed by atoms with Gasteiger partial charge in [0.15, 0.2) is 5.11 Å². The van der Waals surface area contributed by atoms with E-state index in [-0.39, 0.29) is 16.8 Å². The number of ether oxygens (including phenoxy) is 1. The van der Waals surface area contributed by atoms with E-state index in [1.807, 2.05) is 0 Å². The van der Waals surface area contributed by atoms with Crippen molar-refractivity contribution in [1.29, 1.82) is 0 Å². The highest BCUT2D eigenvalue weighted by molar-refractivity contribution is 7.80. The number of halogens is 1. The molecule has 0 bridgehead atoms. The van der Waals surface area contributed by atoms with E-state index in [0.29, 0.717) is 29.5 Å². The lowest BCUT2D eigenvalue weighted by Crippen LogP contribution is -2.34. The number of rotatable bonds is 5. The third-order valence-corrected chi connectivity index (χ3v) is 3.23. The summed E-state index contributed by atoms with van der Waals surface area (Å²) >= 11 is 5.08. The van der Waals surface area contributed by atoms with Crippen molar-refractivity contribution in [3.8, 4) is 5.75 Å². The monoisotopic (exact) mass is 346 g/mol. The molecule has 6 heteroatoms. The molecule has 126 valence electrons. The van der Waals surface area contributed by atoms with Gasteiger partial charge in [-0.2, -0.15) is 0 Å². The number of hydrogen-bond acceptors (Lipinski definition) is 3. The topological polar surface area (TPSA) is 50.4 Å². The summed E-state index contributed by atoms with van der Waals surface area (Å²) in [5.74, 6) is 0.482. The molecule has 24 heavy (non-hydrogen) atoms. The standard InChI is InChI=1S/C18H19FN2O2S/c1-12(2)11-23-16-9-3-13(4-10-16)17(22)21-18(24)20-15-7-5-14(19)6-8-15/h3-10,12H,11H2,1-2H3,(H2,20,21,22,24). The third kappa shape index (κ3) is 5.62. The molecule has 1 amide bonds. The highest BCUT2D eigenvalue weighted by Crippen LogP contribution is 2.13. The molecule has 0 saturated heterocycles. The van der Waals surface area contributed by atoms with Crippen LogP contribution in [0, 0.1) is 11.7 Å². The second kappa shape index (κ2) is 8.40. The van der Waals surface area contributed by atoms with Gasteiger partial charge in [-0.15, -0.1) is 0 Å². The average Bonchev–Trinajstić information content (AvgIpc) is 2.55. The largest absolute Gasteiger partial charge is 0.493 e. The van der Waals surface area contributed by atoms with E-state index in [1.165, 1.54) is 24.3 Å². The highest BCUT2D eigenvalue weighted by Gasteiger charge is 2.08. The number of benzene rings is 2. The SMILES string of the molecule is CC(C)COc1ccc(C(=O)NC(=S)Nc2ccc(F)cc2)cc1. The molecule has 0 aliphatic heterocycles. The molecule has 0 aliphatic carbocycles. The van der Waals surface area contributed by atoms with Crippen LogP contribution in [-0.4, -0.2) is 17.6 Å². The first-order chi connectivity index (χ1) is 11.4. The molecular weight excluding hydrogens is 327 g/mol. The Morgan fingerprint density at radius 3 is 2.33 bits per heavy atom. The van der Waals surface area contributed by atoms with Crippen LogP contribution in [0.4, 0.5) is 10.1 Å². The van der Waals surface area contributed by atoms with Crippen LogP contribution in [-0.2, 0) is 0 Å². The first kappa shape index (κ1) is 17.9. The molecule has 2 aromatic rings. The van der Waals surface area contributed by atoms with Crippen molar-refractivity contribution in [3.63, 3.8) is 0 Å². The molecule has 0 atom stereocenters. The van der Waals surface area contributed by atoms with E-state index in [4.69, 9.17) is 17.0 Å². The van der Waals surface area contributed by atoms with Crippen molar-refractivity contribution < 1.29 is 13.9 Å². The predicted molar refractivity (Wildman–Crippen MR) is 96.9 cm³/mol. The Morgan fingerprint density at radius 2 is 1.75 bits per heavy atom. The number of anilines is 1. The molecule has 0 fully saturated rings. The van der Waals surface area contributed by atoms with Crippen LogP contribution < -0.4 is 15.4 Å². The van der Waals surface area contributed by atoms with E-state index >= 15 is 0 Å². The molecule has 0 heterocycles. The molecule has 0 saturated carbocycles. The Balaban J connectivity index is 1.89. The minimum Gasteiger partial charge on any atom is -0.493 e. The lowest BCUT2D eigenvalue weighted by Gasteiger charge is -2.11. The second-order valence-corrected chi connectivity index (χ2v) is 6.05. The Kier molecular flexibility index (Phi) is 6.26. The number of thiocarbonyl (C=S) groups is 1. The maximum absolute atomic E-state index is 12.8. The first-order valence-electron chi connectivity index (χ1n) is 7.55. The van der Waals surface area contributed by atoms with Crippen molar-refractivity contribution in [1.82, 2.24) is 5.32 Å². The second-order valence-electron chi connectivity index (χ2n) is 5.64. The summed E-state index contributed by atoms with van der Waals surface area (Å²) in [6, 6.07) is 12.5. The Hall–Kier alpha value is -2.47. The third-order valence-electron chi connectivity index (χ3n) is 3.03. The molecule has 2 N–H and O–H groups in total. The molecule has 0 unspecified atom stereocenters. The van der Waals surface area contributed by atoms with Gasteiger partial charge in [0.05, 0.1) is 6.61 Å². The Labute approximate surface area is 146 Å². The fourth-order valence-electron chi connectivity index (χ4n) is 1.84. The van der Waals surface area contributed by atoms with E-state index in [0.717, 1.165) is 0 Å². The van der Waals surface area contributed by atoms with Crippen LogP contribution >= 0.6 is 12.2 Å². The molecule has 2 aromatic carbocycles. The van der Waals surface area contributed by atoms with Gasteiger partial charge in [0, 0.05) is 11.3 Å². The maximum atomic E-state index is 12.8. The van der Waals surface area contributed by atoms with E-state index in [2.05, 4.69) is 24.5 Å². The van der Waals surface area contributed by atoms with Crippen LogP contribution in [0.5, 0.6) is 5.75 Å².